The van der Waals surface area contributed by atoms with Gasteiger partial charge in [0.05, 0.1) is 7.11 Å². The molecule has 0 saturated carbocycles. The lowest BCUT2D eigenvalue weighted by Crippen LogP contribution is -2.45. The zero-order chi connectivity index (χ0) is 13.5. The van der Waals surface area contributed by atoms with E-state index in [0.29, 0.717) is 0 Å². The van der Waals surface area contributed by atoms with Crippen LogP contribution in [0, 0.1) is 0 Å². The zero-order valence-electron chi connectivity index (χ0n) is 9.75. The molecule has 0 heterocycles. The number of aliphatic carboxylic acids is 1. The first-order valence-electron chi connectivity index (χ1n) is 5.20. The fraction of sp³-hybridized carbons (Fsp3) is 0.250. The van der Waals surface area contributed by atoms with E-state index in [2.05, 4.69) is 10.1 Å². The van der Waals surface area contributed by atoms with E-state index in [4.69, 9.17) is 5.11 Å². The van der Waals surface area contributed by atoms with E-state index in [-0.39, 0.29) is 6.42 Å². The zero-order valence-corrected chi connectivity index (χ0v) is 9.75. The number of carboxylic acids is 1. The third-order valence-electron chi connectivity index (χ3n) is 2.29. The number of rotatable bonds is 5. The molecule has 6 nitrogen and oxygen atoms in total. The Labute approximate surface area is 104 Å². The molecule has 0 bridgehead atoms. The van der Waals surface area contributed by atoms with E-state index in [1.54, 1.807) is 30.3 Å². The minimum absolute atomic E-state index is 0.0983. The second-order valence-electron chi connectivity index (χ2n) is 3.55. The van der Waals surface area contributed by atoms with Gasteiger partial charge in [-0.1, -0.05) is 30.3 Å². The fourth-order valence-electron chi connectivity index (χ4n) is 1.41. The predicted molar refractivity (Wildman–Crippen MR) is 62.1 cm³/mol. The number of carbonyl (C=O) groups excluding carboxylic acids is 2. The van der Waals surface area contributed by atoms with Crippen molar-refractivity contribution in [3.63, 3.8) is 0 Å². The number of methoxy groups -OCH3 is 1. The molecule has 0 radical (unpaired) electrons. The Hall–Kier alpha value is -2.37. The van der Waals surface area contributed by atoms with Crippen molar-refractivity contribution in [1.29, 1.82) is 0 Å². The van der Waals surface area contributed by atoms with Crippen molar-refractivity contribution in [3.8, 4) is 0 Å². The number of carboxylic acid groups (broad SMARTS) is 1. The highest BCUT2D eigenvalue weighted by atomic mass is 16.5. The molecule has 0 fully saturated rings. The Balaban J connectivity index is 2.81. The maximum atomic E-state index is 11.4. The molecule has 0 saturated heterocycles. The summed E-state index contributed by atoms with van der Waals surface area (Å²) in [6.45, 7) is 0. The van der Waals surface area contributed by atoms with Crippen LogP contribution in [0.3, 0.4) is 0 Å². The number of alkyl carbamates (subject to hydrolysis) is 1. The molecule has 0 spiro atoms. The second kappa shape index (κ2) is 6.39. The number of hydrogen-bond donors (Lipinski definition) is 2. The summed E-state index contributed by atoms with van der Waals surface area (Å²) in [5, 5.41) is 10.9. The lowest BCUT2D eigenvalue weighted by atomic mass is 10.0. The minimum Gasteiger partial charge on any atom is -0.475 e. The van der Waals surface area contributed by atoms with Crippen molar-refractivity contribution in [2.24, 2.45) is 0 Å². The molecule has 1 amide bonds. The summed E-state index contributed by atoms with van der Waals surface area (Å²) in [4.78, 5) is 33.1. The van der Waals surface area contributed by atoms with E-state index < -0.39 is 23.9 Å². The van der Waals surface area contributed by atoms with E-state index in [1.807, 2.05) is 0 Å². The number of ether oxygens (including phenoxy) is 1. The molecule has 96 valence electrons. The Morgan fingerprint density at radius 3 is 2.39 bits per heavy atom. The molecule has 1 unspecified atom stereocenters. The van der Waals surface area contributed by atoms with Crippen LogP contribution in [0.4, 0.5) is 4.79 Å². The number of Topliss-reactive ketones (excluding diaryl/α,β-unsaturated/α-hetero) is 1. The number of carbonyl (C=O) groups is 3. The van der Waals surface area contributed by atoms with Gasteiger partial charge >= 0.3 is 12.1 Å². The van der Waals surface area contributed by atoms with Crippen LogP contribution < -0.4 is 5.32 Å². The third kappa shape index (κ3) is 3.89. The summed E-state index contributed by atoms with van der Waals surface area (Å²) in [7, 11) is 1.14. The molecule has 0 aliphatic rings. The molecular weight excluding hydrogens is 238 g/mol. The normalized spacial score (nSPS) is 11.4. The van der Waals surface area contributed by atoms with E-state index in [9.17, 15) is 14.4 Å². The molecule has 0 aliphatic carbocycles. The minimum atomic E-state index is -1.59. The summed E-state index contributed by atoms with van der Waals surface area (Å²) < 4.78 is 4.35. The molecule has 6 heteroatoms. The average molecular weight is 251 g/mol. The number of benzene rings is 1. The Bertz CT molecular complexity index is 443. The molecule has 1 rings (SSSR count). The standard InChI is InChI=1S/C12H13NO5/c1-18-12(17)13-9(10(14)11(15)16)7-8-5-3-2-4-6-8/h2-6,9H,7H2,1H3,(H,13,17)(H,15,16). The van der Waals surface area contributed by atoms with E-state index in [1.165, 1.54) is 0 Å². The summed E-state index contributed by atoms with van der Waals surface area (Å²) in [6, 6.07) is 7.65. The molecule has 18 heavy (non-hydrogen) atoms. The SMILES string of the molecule is COC(=O)NC(Cc1ccccc1)C(=O)C(=O)O. The van der Waals surface area contributed by atoms with Crippen molar-refractivity contribution in [3.05, 3.63) is 35.9 Å². The molecule has 1 aromatic carbocycles. The van der Waals surface area contributed by atoms with Crippen LogP contribution >= 0.6 is 0 Å². The van der Waals surface area contributed by atoms with Gasteiger partial charge in [-0.15, -0.1) is 0 Å². The molecule has 1 aromatic rings. The highest BCUT2D eigenvalue weighted by molar-refractivity contribution is 6.35. The van der Waals surface area contributed by atoms with Gasteiger partial charge in [0.25, 0.3) is 5.78 Å². The van der Waals surface area contributed by atoms with Crippen LogP contribution in [0.15, 0.2) is 30.3 Å². The monoisotopic (exact) mass is 251 g/mol. The van der Waals surface area contributed by atoms with Crippen molar-refractivity contribution >= 4 is 17.8 Å². The quantitative estimate of drug-likeness (QED) is 0.748. The van der Waals surface area contributed by atoms with Gasteiger partial charge in [-0.05, 0) is 5.56 Å². The summed E-state index contributed by atoms with van der Waals surface area (Å²) >= 11 is 0. The van der Waals surface area contributed by atoms with Gasteiger partial charge in [0.2, 0.25) is 0 Å². The van der Waals surface area contributed by atoms with Crippen LogP contribution in [0.1, 0.15) is 5.56 Å². The van der Waals surface area contributed by atoms with Gasteiger partial charge < -0.3 is 15.2 Å². The first kappa shape index (κ1) is 13.7. The lowest BCUT2D eigenvalue weighted by molar-refractivity contribution is -0.150. The third-order valence-corrected chi connectivity index (χ3v) is 2.29. The first-order chi connectivity index (χ1) is 8.54. The smallest absolute Gasteiger partial charge is 0.407 e. The van der Waals surface area contributed by atoms with E-state index >= 15 is 0 Å². The van der Waals surface area contributed by atoms with Gasteiger partial charge in [0, 0.05) is 6.42 Å². The summed E-state index contributed by atoms with van der Waals surface area (Å²) in [5.41, 5.74) is 0.744. The summed E-state index contributed by atoms with van der Waals surface area (Å²) in [6.07, 6.45) is -0.744. The second-order valence-corrected chi connectivity index (χ2v) is 3.55. The van der Waals surface area contributed by atoms with E-state index in [0.717, 1.165) is 12.7 Å². The van der Waals surface area contributed by atoms with Crippen LogP contribution in [0.5, 0.6) is 0 Å². The summed E-state index contributed by atoms with van der Waals surface area (Å²) in [5.74, 6) is -2.67. The van der Waals surface area contributed by atoms with Gasteiger partial charge in [-0.25, -0.2) is 9.59 Å². The highest BCUT2D eigenvalue weighted by Crippen LogP contribution is 2.04. The molecular formula is C12H13NO5. The fourth-order valence-corrected chi connectivity index (χ4v) is 1.41. The van der Waals surface area contributed by atoms with Crippen LogP contribution in [0.2, 0.25) is 0 Å². The first-order valence-corrected chi connectivity index (χ1v) is 5.20. The van der Waals surface area contributed by atoms with Crippen LogP contribution in [-0.2, 0) is 20.7 Å². The van der Waals surface area contributed by atoms with Crippen molar-refractivity contribution in [2.75, 3.05) is 7.11 Å². The molecule has 1 atom stereocenters. The molecule has 0 aliphatic heterocycles. The number of ketones is 1. The maximum absolute atomic E-state index is 11.4. The Morgan fingerprint density at radius 2 is 1.89 bits per heavy atom. The Morgan fingerprint density at radius 1 is 1.28 bits per heavy atom. The van der Waals surface area contributed by atoms with Gasteiger partial charge in [-0.3, -0.25) is 4.79 Å². The largest absolute Gasteiger partial charge is 0.475 e. The predicted octanol–water partition coefficient (Wildman–Crippen LogP) is 0.607. The molecule has 0 aromatic heterocycles. The number of nitrogens with one attached hydrogen (secondary N) is 1. The highest BCUT2D eigenvalue weighted by Gasteiger charge is 2.26. The van der Waals surface area contributed by atoms with Crippen molar-refractivity contribution in [1.82, 2.24) is 5.32 Å². The maximum Gasteiger partial charge on any atom is 0.407 e. The average Bonchev–Trinajstić information content (AvgIpc) is 2.38. The van der Waals surface area contributed by atoms with Crippen molar-refractivity contribution in [2.45, 2.75) is 12.5 Å². The lowest BCUT2D eigenvalue weighted by Gasteiger charge is -2.14. The van der Waals surface area contributed by atoms with Gasteiger partial charge in [0.15, 0.2) is 0 Å². The van der Waals surface area contributed by atoms with Gasteiger partial charge in [0.1, 0.15) is 6.04 Å². The topological polar surface area (TPSA) is 92.7 Å². The Kier molecular flexibility index (Phi) is 4.86. The van der Waals surface area contributed by atoms with Gasteiger partial charge in [-0.2, -0.15) is 0 Å². The number of amides is 1. The van der Waals surface area contributed by atoms with Crippen LogP contribution in [-0.4, -0.2) is 36.1 Å². The molecule has 2 N–H and O–H groups in total. The van der Waals surface area contributed by atoms with Crippen molar-refractivity contribution < 1.29 is 24.2 Å². The number of hydrogen-bond acceptors (Lipinski definition) is 4. The van der Waals surface area contributed by atoms with Crippen LogP contribution in [0.25, 0.3) is 0 Å².